The molecule has 2 aromatic carbocycles. The van der Waals surface area contributed by atoms with Crippen LogP contribution in [0.5, 0.6) is 11.5 Å². The number of anilines is 1. The van der Waals surface area contributed by atoms with Gasteiger partial charge < -0.3 is 24.3 Å². The molecule has 1 heterocycles. The van der Waals surface area contributed by atoms with Crippen LogP contribution in [0, 0.1) is 0 Å². The Hall–Kier alpha value is -3.74. The van der Waals surface area contributed by atoms with Crippen LogP contribution >= 0.6 is 0 Å². The minimum Gasteiger partial charge on any atom is -0.492 e. The molecule has 0 aromatic heterocycles. The Kier molecular flexibility index (Phi) is 6.75. The Morgan fingerprint density at radius 1 is 1.07 bits per heavy atom. The van der Waals surface area contributed by atoms with Crippen LogP contribution in [-0.4, -0.2) is 32.1 Å². The van der Waals surface area contributed by atoms with Gasteiger partial charge in [-0.25, -0.2) is 4.79 Å². The topological polar surface area (TPSA) is 83.1 Å². The van der Waals surface area contributed by atoms with Crippen molar-refractivity contribution in [2.75, 3.05) is 25.6 Å². The average Bonchev–Trinajstić information content (AvgIpc) is 3.04. The largest absolute Gasteiger partial charge is 0.492 e. The number of benzene rings is 2. The molecule has 1 aliphatic rings. The van der Waals surface area contributed by atoms with Gasteiger partial charge in [0.15, 0.2) is 22.8 Å². The number of ether oxygens (including phenoxy) is 4. The maximum atomic E-state index is 13.0. The summed E-state index contributed by atoms with van der Waals surface area (Å²) in [5, 5.41) is 2.98. The van der Waals surface area contributed by atoms with E-state index in [1.165, 1.54) is 13.2 Å². The summed E-state index contributed by atoms with van der Waals surface area (Å²) in [5.41, 5.74) is 1.06. The number of para-hydroxylation sites is 2. The highest BCUT2D eigenvalue weighted by Crippen LogP contribution is 2.35. The standard InChI is InChI=1S/C23H23NO6/c1-4-28-17-13-9-10-15(21(17)27-3)14-18-20(25)19(23(26)29-5-2)22(30-18)24-16-11-7-6-8-12-16/h6-14,24H,4-5H2,1-3H3/b18-14-. The molecule has 0 spiro atoms. The normalized spacial score (nSPS) is 14.5. The monoisotopic (exact) mass is 409 g/mol. The molecule has 30 heavy (non-hydrogen) atoms. The van der Waals surface area contributed by atoms with Crippen molar-refractivity contribution < 1.29 is 28.5 Å². The van der Waals surface area contributed by atoms with E-state index in [4.69, 9.17) is 18.9 Å². The van der Waals surface area contributed by atoms with E-state index in [1.807, 2.05) is 25.1 Å². The summed E-state index contributed by atoms with van der Waals surface area (Å²) in [4.78, 5) is 25.4. The Labute approximate surface area is 174 Å². The van der Waals surface area contributed by atoms with Gasteiger partial charge in [0.05, 0.1) is 20.3 Å². The van der Waals surface area contributed by atoms with Crippen molar-refractivity contribution in [3.8, 4) is 11.5 Å². The minimum absolute atomic E-state index is 0.0239. The molecular formula is C23H23NO6. The van der Waals surface area contributed by atoms with E-state index >= 15 is 0 Å². The van der Waals surface area contributed by atoms with E-state index in [9.17, 15) is 9.59 Å². The van der Waals surface area contributed by atoms with E-state index in [0.29, 0.717) is 29.4 Å². The molecule has 0 radical (unpaired) electrons. The first-order valence-corrected chi connectivity index (χ1v) is 9.56. The van der Waals surface area contributed by atoms with Crippen LogP contribution in [-0.2, 0) is 19.1 Å². The molecule has 7 nitrogen and oxygen atoms in total. The zero-order valence-electron chi connectivity index (χ0n) is 17.1. The second-order valence-electron chi connectivity index (χ2n) is 6.17. The summed E-state index contributed by atoms with van der Waals surface area (Å²) in [6, 6.07) is 14.4. The fourth-order valence-electron chi connectivity index (χ4n) is 2.93. The van der Waals surface area contributed by atoms with Crippen molar-refractivity contribution in [3.05, 3.63) is 71.3 Å². The molecule has 1 aliphatic heterocycles. The highest BCUT2D eigenvalue weighted by atomic mass is 16.5. The highest BCUT2D eigenvalue weighted by Gasteiger charge is 2.37. The van der Waals surface area contributed by atoms with Crippen molar-refractivity contribution in [2.24, 2.45) is 0 Å². The number of hydrogen-bond acceptors (Lipinski definition) is 7. The number of esters is 1. The molecule has 0 atom stereocenters. The second-order valence-corrected chi connectivity index (χ2v) is 6.17. The number of methoxy groups -OCH3 is 1. The van der Waals surface area contributed by atoms with Gasteiger partial charge >= 0.3 is 5.97 Å². The number of nitrogens with one attached hydrogen (secondary N) is 1. The van der Waals surface area contributed by atoms with Crippen molar-refractivity contribution in [1.82, 2.24) is 0 Å². The summed E-state index contributed by atoms with van der Waals surface area (Å²) in [7, 11) is 1.52. The first-order valence-electron chi connectivity index (χ1n) is 9.56. The van der Waals surface area contributed by atoms with Crippen molar-refractivity contribution in [3.63, 3.8) is 0 Å². The molecule has 0 bridgehead atoms. The van der Waals surface area contributed by atoms with Crippen LogP contribution in [0.3, 0.4) is 0 Å². The lowest BCUT2D eigenvalue weighted by atomic mass is 10.1. The predicted octanol–water partition coefficient (Wildman–Crippen LogP) is 3.92. The van der Waals surface area contributed by atoms with Crippen molar-refractivity contribution in [1.29, 1.82) is 0 Å². The fourth-order valence-corrected chi connectivity index (χ4v) is 2.93. The van der Waals surface area contributed by atoms with Crippen molar-refractivity contribution in [2.45, 2.75) is 13.8 Å². The summed E-state index contributed by atoms with van der Waals surface area (Å²) < 4.78 is 21.8. The molecule has 0 fully saturated rings. The van der Waals surface area contributed by atoms with Crippen LogP contribution in [0.2, 0.25) is 0 Å². The van der Waals surface area contributed by atoms with Gasteiger partial charge in [-0.2, -0.15) is 0 Å². The number of rotatable bonds is 8. The summed E-state index contributed by atoms with van der Waals surface area (Å²) in [5.74, 6) is -0.319. The Morgan fingerprint density at radius 3 is 2.50 bits per heavy atom. The SMILES string of the molecule is CCOC(=O)C1=C(Nc2ccccc2)O/C(=C\c2cccc(OCC)c2OC)C1=O. The Balaban J connectivity index is 1.98. The van der Waals surface area contributed by atoms with Gasteiger partial charge in [0.1, 0.15) is 0 Å². The first-order chi connectivity index (χ1) is 14.6. The molecule has 2 aromatic rings. The summed E-state index contributed by atoms with van der Waals surface area (Å²) in [6.07, 6.45) is 1.52. The quantitative estimate of drug-likeness (QED) is 0.402. The van der Waals surface area contributed by atoms with Gasteiger partial charge in [0.25, 0.3) is 0 Å². The molecule has 1 N–H and O–H groups in total. The number of ketones is 1. The lowest BCUT2D eigenvalue weighted by molar-refractivity contribution is -0.139. The van der Waals surface area contributed by atoms with Crippen LogP contribution in [0.1, 0.15) is 19.4 Å². The number of allylic oxidation sites excluding steroid dienone is 1. The molecule has 0 saturated carbocycles. The zero-order valence-corrected chi connectivity index (χ0v) is 17.1. The zero-order chi connectivity index (χ0) is 21.5. The first kappa shape index (κ1) is 21.0. The van der Waals surface area contributed by atoms with Gasteiger partial charge in [-0.05, 0) is 38.1 Å². The Bertz CT molecular complexity index is 994. The third-order valence-electron chi connectivity index (χ3n) is 4.20. The van der Waals surface area contributed by atoms with Crippen LogP contribution in [0.4, 0.5) is 5.69 Å². The fraction of sp³-hybridized carbons (Fsp3) is 0.217. The number of carbonyl (C=O) groups excluding carboxylic acids is 2. The van der Waals surface area contributed by atoms with Gasteiger partial charge in [-0.3, -0.25) is 4.79 Å². The highest BCUT2D eigenvalue weighted by molar-refractivity contribution is 6.26. The van der Waals surface area contributed by atoms with Gasteiger partial charge in [-0.1, -0.05) is 30.3 Å². The molecule has 3 rings (SSSR count). The maximum absolute atomic E-state index is 13.0. The number of hydrogen-bond donors (Lipinski definition) is 1. The molecule has 0 saturated heterocycles. The lowest BCUT2D eigenvalue weighted by Crippen LogP contribution is -2.16. The van der Waals surface area contributed by atoms with Crippen LogP contribution in [0.25, 0.3) is 6.08 Å². The van der Waals surface area contributed by atoms with Crippen molar-refractivity contribution >= 4 is 23.5 Å². The van der Waals surface area contributed by atoms with E-state index in [-0.39, 0.29) is 23.8 Å². The van der Waals surface area contributed by atoms with Crippen LogP contribution < -0.4 is 14.8 Å². The smallest absolute Gasteiger partial charge is 0.347 e. The van der Waals surface area contributed by atoms with Crippen LogP contribution in [0.15, 0.2) is 65.7 Å². The summed E-state index contributed by atoms with van der Waals surface area (Å²) >= 11 is 0. The number of carbonyl (C=O) groups is 2. The molecule has 0 unspecified atom stereocenters. The maximum Gasteiger partial charge on any atom is 0.347 e. The molecule has 0 aliphatic carbocycles. The average molecular weight is 409 g/mol. The second kappa shape index (κ2) is 9.65. The molecule has 7 heteroatoms. The van der Waals surface area contributed by atoms with E-state index in [2.05, 4.69) is 5.32 Å². The molecule has 156 valence electrons. The van der Waals surface area contributed by atoms with E-state index < -0.39 is 11.8 Å². The van der Waals surface area contributed by atoms with E-state index in [1.54, 1.807) is 37.3 Å². The number of Topliss-reactive ketones (excluding diaryl/α,β-unsaturated/α-hetero) is 1. The van der Waals surface area contributed by atoms with E-state index in [0.717, 1.165) is 0 Å². The Morgan fingerprint density at radius 2 is 1.83 bits per heavy atom. The van der Waals surface area contributed by atoms with Gasteiger partial charge in [0.2, 0.25) is 11.7 Å². The van der Waals surface area contributed by atoms with Gasteiger partial charge in [-0.15, -0.1) is 0 Å². The third kappa shape index (κ3) is 4.46. The lowest BCUT2D eigenvalue weighted by Gasteiger charge is -2.12. The summed E-state index contributed by atoms with van der Waals surface area (Å²) in [6.45, 7) is 4.14. The minimum atomic E-state index is -0.751. The van der Waals surface area contributed by atoms with Gasteiger partial charge in [0, 0.05) is 11.3 Å². The molecular weight excluding hydrogens is 386 g/mol. The third-order valence-corrected chi connectivity index (χ3v) is 4.20. The predicted molar refractivity (Wildman–Crippen MR) is 112 cm³/mol. The molecule has 0 amide bonds.